The number of hydrogen-bond acceptors (Lipinski definition) is 3. The predicted molar refractivity (Wildman–Crippen MR) is 75.7 cm³/mol. The minimum atomic E-state index is -2.81. The lowest BCUT2D eigenvalue weighted by atomic mass is 9.92. The average Bonchev–Trinajstić information content (AvgIpc) is 2.38. The molecule has 3 nitrogen and oxygen atoms in total. The molecule has 0 saturated carbocycles. The maximum Gasteiger partial charge on any atom is 0.256 e. The molecule has 1 aromatic heterocycles. The lowest BCUT2D eigenvalue weighted by Gasteiger charge is -2.39. The molecule has 1 saturated heterocycles. The van der Waals surface area contributed by atoms with E-state index < -0.39 is 18.4 Å². The number of aromatic nitrogens is 1. The van der Waals surface area contributed by atoms with Crippen LogP contribution in [0.3, 0.4) is 0 Å². The Morgan fingerprint density at radius 2 is 2.25 bits per heavy atom. The standard InChI is InChI=1S/C14H19ClF2N2O/c1-9(2)11-6-18-13(15)5-12(11)19-4-3-14(16,17)10(7-19)8-20/h5-6,9-10,20H,3-4,7-8H2,1-2H3. The lowest BCUT2D eigenvalue weighted by molar-refractivity contribution is -0.0880. The summed E-state index contributed by atoms with van der Waals surface area (Å²) in [6.07, 6.45) is 1.44. The third kappa shape index (κ3) is 3.04. The zero-order valence-corrected chi connectivity index (χ0v) is 12.4. The molecule has 2 heterocycles. The van der Waals surface area contributed by atoms with E-state index in [0.29, 0.717) is 5.15 Å². The number of nitrogens with zero attached hydrogens (tertiary/aromatic N) is 2. The Labute approximate surface area is 122 Å². The normalized spacial score (nSPS) is 22.4. The summed E-state index contributed by atoms with van der Waals surface area (Å²) in [5.41, 5.74) is 1.82. The Hall–Kier alpha value is -0.940. The number of hydrogen-bond donors (Lipinski definition) is 1. The van der Waals surface area contributed by atoms with Gasteiger partial charge in [-0.3, -0.25) is 0 Å². The van der Waals surface area contributed by atoms with Crippen LogP contribution >= 0.6 is 11.6 Å². The number of aliphatic hydroxyl groups excluding tert-OH is 1. The van der Waals surface area contributed by atoms with Crippen LogP contribution in [0.25, 0.3) is 0 Å². The maximum absolute atomic E-state index is 13.7. The highest BCUT2D eigenvalue weighted by atomic mass is 35.5. The summed E-state index contributed by atoms with van der Waals surface area (Å²) in [6, 6.07) is 1.72. The van der Waals surface area contributed by atoms with Gasteiger partial charge in [-0.05, 0) is 17.5 Å². The number of aliphatic hydroxyl groups is 1. The van der Waals surface area contributed by atoms with Crippen molar-refractivity contribution in [1.29, 1.82) is 0 Å². The minimum absolute atomic E-state index is 0.129. The number of anilines is 1. The Bertz CT molecular complexity index is 482. The van der Waals surface area contributed by atoms with Gasteiger partial charge in [-0.25, -0.2) is 13.8 Å². The molecule has 1 atom stereocenters. The highest BCUT2D eigenvalue weighted by Gasteiger charge is 2.44. The summed E-state index contributed by atoms with van der Waals surface area (Å²) in [5, 5.41) is 9.53. The van der Waals surface area contributed by atoms with Crippen LogP contribution in [0.15, 0.2) is 12.3 Å². The van der Waals surface area contributed by atoms with Crippen LogP contribution in [0, 0.1) is 5.92 Å². The van der Waals surface area contributed by atoms with Crippen molar-refractivity contribution >= 4 is 17.3 Å². The van der Waals surface area contributed by atoms with E-state index in [2.05, 4.69) is 4.98 Å². The van der Waals surface area contributed by atoms with Gasteiger partial charge in [0.15, 0.2) is 0 Å². The van der Waals surface area contributed by atoms with Crippen LogP contribution in [0.2, 0.25) is 5.15 Å². The van der Waals surface area contributed by atoms with E-state index >= 15 is 0 Å². The van der Waals surface area contributed by atoms with Gasteiger partial charge >= 0.3 is 0 Å². The summed E-state index contributed by atoms with van der Waals surface area (Å²) < 4.78 is 27.3. The van der Waals surface area contributed by atoms with Gasteiger partial charge < -0.3 is 10.0 Å². The van der Waals surface area contributed by atoms with Crippen molar-refractivity contribution in [3.8, 4) is 0 Å². The Morgan fingerprint density at radius 3 is 2.85 bits per heavy atom. The molecule has 0 bridgehead atoms. The molecule has 1 aliphatic rings. The molecule has 0 spiro atoms. The highest BCUT2D eigenvalue weighted by Crippen LogP contribution is 2.37. The fourth-order valence-corrected chi connectivity index (χ4v) is 2.69. The first kappa shape index (κ1) is 15.4. The number of alkyl halides is 2. The first-order valence-electron chi connectivity index (χ1n) is 6.74. The van der Waals surface area contributed by atoms with E-state index in [1.165, 1.54) is 0 Å². The molecule has 0 amide bonds. The van der Waals surface area contributed by atoms with E-state index in [1.54, 1.807) is 12.3 Å². The van der Waals surface area contributed by atoms with Crippen molar-refractivity contribution in [1.82, 2.24) is 4.98 Å². The second-order valence-electron chi connectivity index (χ2n) is 5.56. The van der Waals surface area contributed by atoms with Crippen molar-refractivity contribution in [2.75, 3.05) is 24.6 Å². The molecule has 6 heteroatoms. The maximum atomic E-state index is 13.7. The quantitative estimate of drug-likeness (QED) is 0.870. The first-order chi connectivity index (χ1) is 9.35. The summed E-state index contributed by atoms with van der Waals surface area (Å²) in [4.78, 5) is 5.94. The van der Waals surface area contributed by atoms with E-state index in [1.807, 2.05) is 18.7 Å². The fraction of sp³-hybridized carbons (Fsp3) is 0.643. The van der Waals surface area contributed by atoms with Gasteiger partial charge in [0.25, 0.3) is 5.92 Å². The van der Waals surface area contributed by atoms with Crippen LogP contribution in [-0.4, -0.2) is 35.7 Å². The van der Waals surface area contributed by atoms with E-state index in [-0.39, 0.29) is 25.4 Å². The van der Waals surface area contributed by atoms with Crippen molar-refractivity contribution in [3.05, 3.63) is 23.0 Å². The van der Waals surface area contributed by atoms with E-state index in [0.717, 1.165) is 11.3 Å². The summed E-state index contributed by atoms with van der Waals surface area (Å²) in [7, 11) is 0. The molecule has 1 aliphatic heterocycles. The van der Waals surface area contributed by atoms with Gasteiger partial charge in [-0.15, -0.1) is 0 Å². The monoisotopic (exact) mass is 304 g/mol. The number of rotatable bonds is 3. The molecular formula is C14H19ClF2N2O. The predicted octanol–water partition coefficient (Wildman–Crippen LogP) is 3.31. The second-order valence-corrected chi connectivity index (χ2v) is 5.94. The third-order valence-electron chi connectivity index (χ3n) is 3.81. The molecule has 20 heavy (non-hydrogen) atoms. The number of piperidine rings is 1. The smallest absolute Gasteiger partial charge is 0.256 e. The fourth-order valence-electron chi connectivity index (χ4n) is 2.54. The van der Waals surface area contributed by atoms with Gasteiger partial charge in [-0.2, -0.15) is 0 Å². The van der Waals surface area contributed by atoms with Gasteiger partial charge in [0, 0.05) is 31.4 Å². The van der Waals surface area contributed by atoms with Gasteiger partial charge in [-0.1, -0.05) is 25.4 Å². The molecule has 1 unspecified atom stereocenters. The molecule has 2 rings (SSSR count). The molecule has 0 aliphatic carbocycles. The van der Waals surface area contributed by atoms with Crippen LogP contribution in [-0.2, 0) is 0 Å². The van der Waals surface area contributed by atoms with Gasteiger partial charge in [0.05, 0.1) is 12.5 Å². The van der Waals surface area contributed by atoms with Crippen molar-refractivity contribution in [3.63, 3.8) is 0 Å². The lowest BCUT2D eigenvalue weighted by Crippen LogP contribution is -2.49. The molecule has 1 fully saturated rings. The SMILES string of the molecule is CC(C)c1cnc(Cl)cc1N1CCC(F)(F)C(CO)C1. The molecule has 0 radical (unpaired) electrons. The van der Waals surface area contributed by atoms with Gasteiger partial charge in [0.2, 0.25) is 0 Å². The molecule has 0 aromatic carbocycles. The first-order valence-corrected chi connectivity index (χ1v) is 7.12. The van der Waals surface area contributed by atoms with Crippen molar-refractivity contribution in [2.45, 2.75) is 32.1 Å². The largest absolute Gasteiger partial charge is 0.396 e. The van der Waals surface area contributed by atoms with Crippen molar-refractivity contribution < 1.29 is 13.9 Å². The van der Waals surface area contributed by atoms with Crippen LogP contribution in [0.1, 0.15) is 31.7 Å². The zero-order valence-electron chi connectivity index (χ0n) is 11.6. The van der Waals surface area contributed by atoms with E-state index in [9.17, 15) is 13.9 Å². The van der Waals surface area contributed by atoms with Crippen LogP contribution in [0.4, 0.5) is 14.5 Å². The Kier molecular flexibility index (Phi) is 4.49. The molecule has 1 aromatic rings. The molecular weight excluding hydrogens is 286 g/mol. The topological polar surface area (TPSA) is 36.4 Å². The highest BCUT2D eigenvalue weighted by molar-refractivity contribution is 6.29. The second kappa shape index (κ2) is 5.82. The van der Waals surface area contributed by atoms with Crippen LogP contribution in [0.5, 0.6) is 0 Å². The number of halogens is 3. The summed E-state index contributed by atoms with van der Waals surface area (Å²) >= 11 is 5.93. The Balaban J connectivity index is 2.30. The van der Waals surface area contributed by atoms with E-state index in [4.69, 9.17) is 11.6 Å². The Morgan fingerprint density at radius 1 is 1.55 bits per heavy atom. The van der Waals surface area contributed by atoms with Crippen LogP contribution < -0.4 is 4.90 Å². The molecule has 1 N–H and O–H groups in total. The number of pyridine rings is 1. The van der Waals surface area contributed by atoms with Crippen molar-refractivity contribution in [2.24, 2.45) is 5.92 Å². The molecule has 112 valence electrons. The zero-order chi connectivity index (χ0) is 14.9. The van der Waals surface area contributed by atoms with Gasteiger partial charge in [0.1, 0.15) is 5.15 Å². The third-order valence-corrected chi connectivity index (χ3v) is 4.02. The average molecular weight is 305 g/mol. The summed E-state index contributed by atoms with van der Waals surface area (Å²) in [5.74, 6) is -3.62. The minimum Gasteiger partial charge on any atom is -0.396 e. The summed E-state index contributed by atoms with van der Waals surface area (Å²) in [6.45, 7) is 3.92.